The number of amides is 1. The highest BCUT2D eigenvalue weighted by Gasteiger charge is 2.20. The van der Waals surface area contributed by atoms with E-state index < -0.39 is 0 Å². The number of nitrogens with zero attached hydrogens (tertiary/aromatic N) is 1. The Morgan fingerprint density at radius 3 is 3.19 bits per heavy atom. The second-order valence-corrected chi connectivity index (χ2v) is 4.28. The number of carbonyl (C=O) groups excluding carboxylic acids is 1. The molecular formula is C12H19N3O. The molecule has 4 nitrogen and oxygen atoms in total. The Bertz CT molecular complexity index is 359. The minimum atomic E-state index is 0.154. The summed E-state index contributed by atoms with van der Waals surface area (Å²) in [7, 11) is 0. The maximum atomic E-state index is 11.0. The predicted molar refractivity (Wildman–Crippen MR) is 63.0 cm³/mol. The van der Waals surface area contributed by atoms with Crippen LogP contribution in [0, 0.1) is 0 Å². The van der Waals surface area contributed by atoms with Crippen molar-refractivity contribution in [2.24, 2.45) is 0 Å². The Kier molecular flexibility index (Phi) is 3.62. The number of carbonyl (C=O) groups is 1. The van der Waals surface area contributed by atoms with Gasteiger partial charge in [0, 0.05) is 44.0 Å². The molecule has 0 radical (unpaired) electrons. The van der Waals surface area contributed by atoms with Gasteiger partial charge in [-0.2, -0.15) is 0 Å². The zero-order chi connectivity index (χ0) is 11.4. The molecule has 1 saturated heterocycles. The lowest BCUT2D eigenvalue weighted by Crippen LogP contribution is -2.31. The average Bonchev–Trinajstić information content (AvgIpc) is 2.85. The van der Waals surface area contributed by atoms with E-state index in [4.69, 9.17) is 0 Å². The van der Waals surface area contributed by atoms with Crippen LogP contribution in [0.4, 0.5) is 0 Å². The van der Waals surface area contributed by atoms with Gasteiger partial charge >= 0.3 is 0 Å². The Morgan fingerprint density at radius 1 is 1.62 bits per heavy atom. The molecule has 2 rings (SSSR count). The van der Waals surface area contributed by atoms with Crippen LogP contribution in [0.3, 0.4) is 0 Å². The monoisotopic (exact) mass is 221 g/mol. The molecule has 2 heterocycles. The van der Waals surface area contributed by atoms with Gasteiger partial charge in [-0.05, 0) is 18.6 Å². The molecule has 1 aromatic heterocycles. The van der Waals surface area contributed by atoms with Gasteiger partial charge in [0.2, 0.25) is 5.91 Å². The first-order valence-electron chi connectivity index (χ1n) is 5.93. The Labute approximate surface area is 96.0 Å². The Morgan fingerprint density at radius 2 is 2.50 bits per heavy atom. The first-order valence-corrected chi connectivity index (χ1v) is 5.93. The van der Waals surface area contributed by atoms with Gasteiger partial charge in [0.15, 0.2) is 0 Å². The molecule has 1 aliphatic heterocycles. The summed E-state index contributed by atoms with van der Waals surface area (Å²) < 4.78 is 2.26. The van der Waals surface area contributed by atoms with Gasteiger partial charge in [0.1, 0.15) is 0 Å². The molecule has 1 fully saturated rings. The topological polar surface area (TPSA) is 46.1 Å². The molecule has 0 saturated carbocycles. The van der Waals surface area contributed by atoms with Gasteiger partial charge in [-0.25, -0.2) is 0 Å². The van der Waals surface area contributed by atoms with Crippen molar-refractivity contribution in [3.05, 3.63) is 24.0 Å². The van der Waals surface area contributed by atoms with Crippen LogP contribution in [-0.2, 0) is 17.9 Å². The number of hydrogen-bond donors (Lipinski definition) is 2. The van der Waals surface area contributed by atoms with E-state index in [2.05, 4.69) is 40.5 Å². The van der Waals surface area contributed by atoms with Crippen molar-refractivity contribution in [1.82, 2.24) is 15.2 Å². The van der Waals surface area contributed by atoms with E-state index >= 15 is 0 Å². The normalized spacial score (nSPS) is 20.1. The lowest BCUT2D eigenvalue weighted by Gasteiger charge is -2.12. The van der Waals surface area contributed by atoms with E-state index in [1.54, 1.807) is 0 Å². The van der Waals surface area contributed by atoms with E-state index in [1.807, 2.05) is 0 Å². The molecule has 1 amide bonds. The summed E-state index contributed by atoms with van der Waals surface area (Å²) in [6.07, 6.45) is 3.86. The van der Waals surface area contributed by atoms with E-state index in [1.165, 1.54) is 5.69 Å². The number of rotatable bonds is 5. The Hall–Kier alpha value is -1.29. The second kappa shape index (κ2) is 5.16. The van der Waals surface area contributed by atoms with Crippen molar-refractivity contribution in [1.29, 1.82) is 0 Å². The predicted octanol–water partition coefficient (Wildman–Crippen LogP) is 0.876. The highest BCUT2D eigenvalue weighted by molar-refractivity contribution is 5.78. The maximum absolute atomic E-state index is 11.0. The third-order valence-corrected chi connectivity index (χ3v) is 2.94. The summed E-state index contributed by atoms with van der Waals surface area (Å²) in [5, 5.41) is 6.24. The zero-order valence-electron chi connectivity index (χ0n) is 9.70. The fourth-order valence-corrected chi connectivity index (χ4v) is 2.07. The smallest absolute Gasteiger partial charge is 0.221 e. The molecule has 4 heteroatoms. The number of aryl methyl sites for hydroxylation is 1. The summed E-state index contributed by atoms with van der Waals surface area (Å²) in [6, 6.07) is 4.50. The van der Waals surface area contributed by atoms with Crippen molar-refractivity contribution < 1.29 is 4.79 Å². The first-order chi connectivity index (χ1) is 7.79. The fraction of sp³-hybridized carbons (Fsp3) is 0.583. The third-order valence-electron chi connectivity index (χ3n) is 2.94. The molecule has 0 spiro atoms. The van der Waals surface area contributed by atoms with Crippen LogP contribution in [0.15, 0.2) is 18.3 Å². The SMILES string of the molecule is CCCn1cccc1CNC1CNC(=O)C1. The van der Waals surface area contributed by atoms with Gasteiger partial charge in [-0.15, -0.1) is 0 Å². The zero-order valence-corrected chi connectivity index (χ0v) is 9.70. The molecule has 2 N–H and O–H groups in total. The van der Waals surface area contributed by atoms with E-state index in [-0.39, 0.29) is 11.9 Å². The van der Waals surface area contributed by atoms with Gasteiger partial charge < -0.3 is 15.2 Å². The van der Waals surface area contributed by atoms with Crippen molar-refractivity contribution in [2.45, 2.75) is 38.9 Å². The third kappa shape index (κ3) is 2.64. The summed E-state index contributed by atoms with van der Waals surface area (Å²) in [6.45, 7) is 4.84. The summed E-state index contributed by atoms with van der Waals surface area (Å²) in [4.78, 5) is 11.0. The van der Waals surface area contributed by atoms with Crippen molar-refractivity contribution >= 4 is 5.91 Å². The first kappa shape index (κ1) is 11.2. The van der Waals surface area contributed by atoms with Crippen molar-refractivity contribution in [3.63, 3.8) is 0 Å². The molecule has 1 aromatic rings. The van der Waals surface area contributed by atoms with Crippen LogP contribution in [0.1, 0.15) is 25.5 Å². The summed E-state index contributed by atoms with van der Waals surface area (Å²) in [5.41, 5.74) is 1.29. The van der Waals surface area contributed by atoms with Crippen LogP contribution in [0.25, 0.3) is 0 Å². The van der Waals surface area contributed by atoms with Crippen molar-refractivity contribution in [2.75, 3.05) is 6.54 Å². The molecule has 1 atom stereocenters. The van der Waals surface area contributed by atoms with Crippen LogP contribution in [0.5, 0.6) is 0 Å². The molecule has 0 aliphatic carbocycles. The van der Waals surface area contributed by atoms with Gasteiger partial charge in [0.25, 0.3) is 0 Å². The minimum Gasteiger partial charge on any atom is -0.354 e. The van der Waals surface area contributed by atoms with Crippen LogP contribution >= 0.6 is 0 Å². The lowest BCUT2D eigenvalue weighted by molar-refractivity contribution is -0.119. The quantitative estimate of drug-likeness (QED) is 0.775. The molecule has 1 aliphatic rings. The lowest BCUT2D eigenvalue weighted by atomic mass is 10.2. The largest absolute Gasteiger partial charge is 0.354 e. The Balaban J connectivity index is 1.84. The molecule has 0 bridgehead atoms. The van der Waals surface area contributed by atoms with Gasteiger partial charge in [-0.1, -0.05) is 6.92 Å². The number of aromatic nitrogens is 1. The van der Waals surface area contributed by atoms with E-state index in [0.29, 0.717) is 6.42 Å². The second-order valence-electron chi connectivity index (χ2n) is 4.28. The summed E-state index contributed by atoms with van der Waals surface area (Å²) in [5.74, 6) is 0.154. The molecule has 16 heavy (non-hydrogen) atoms. The standard InChI is InChI=1S/C12H19N3O/c1-2-5-15-6-3-4-11(15)9-13-10-7-12(16)14-8-10/h3-4,6,10,13H,2,5,7-9H2,1H3,(H,14,16). The van der Waals surface area contributed by atoms with Crippen molar-refractivity contribution in [3.8, 4) is 0 Å². The number of hydrogen-bond acceptors (Lipinski definition) is 2. The van der Waals surface area contributed by atoms with Gasteiger partial charge in [-0.3, -0.25) is 4.79 Å². The van der Waals surface area contributed by atoms with Crippen LogP contribution in [-0.4, -0.2) is 23.1 Å². The highest BCUT2D eigenvalue weighted by atomic mass is 16.1. The highest BCUT2D eigenvalue weighted by Crippen LogP contribution is 2.05. The summed E-state index contributed by atoms with van der Waals surface area (Å²) >= 11 is 0. The van der Waals surface area contributed by atoms with Crippen LogP contribution in [0.2, 0.25) is 0 Å². The number of nitrogens with one attached hydrogen (secondary N) is 2. The van der Waals surface area contributed by atoms with Gasteiger partial charge in [0.05, 0.1) is 0 Å². The van der Waals surface area contributed by atoms with E-state index in [9.17, 15) is 4.79 Å². The van der Waals surface area contributed by atoms with E-state index in [0.717, 1.165) is 26.1 Å². The fourth-order valence-electron chi connectivity index (χ4n) is 2.07. The maximum Gasteiger partial charge on any atom is 0.221 e. The molecule has 88 valence electrons. The average molecular weight is 221 g/mol. The van der Waals surface area contributed by atoms with Crippen LogP contribution < -0.4 is 10.6 Å². The molecule has 1 unspecified atom stereocenters. The molecular weight excluding hydrogens is 202 g/mol. The minimum absolute atomic E-state index is 0.154. The molecule has 0 aromatic carbocycles.